The number of halogens is 3. The minimum absolute atomic E-state index is 0.207. The molecule has 1 aliphatic carbocycles. The fourth-order valence-electron chi connectivity index (χ4n) is 4.27. The van der Waals surface area contributed by atoms with Gasteiger partial charge in [0.2, 0.25) is 0 Å². The van der Waals surface area contributed by atoms with E-state index in [2.05, 4.69) is 5.32 Å². The summed E-state index contributed by atoms with van der Waals surface area (Å²) in [5.74, 6) is 0.390. The van der Waals surface area contributed by atoms with Gasteiger partial charge in [0.25, 0.3) is 0 Å². The maximum absolute atomic E-state index is 12.8. The number of hydrogen-bond acceptors (Lipinski definition) is 2. The van der Waals surface area contributed by atoms with Crippen molar-refractivity contribution in [1.82, 2.24) is 10.2 Å². The molecule has 110 valence electrons. The number of alkyl halides is 3. The van der Waals surface area contributed by atoms with Crippen LogP contribution in [0.2, 0.25) is 0 Å². The summed E-state index contributed by atoms with van der Waals surface area (Å²) in [7, 11) is 0. The molecule has 4 atom stereocenters. The molecule has 3 aliphatic rings. The van der Waals surface area contributed by atoms with Gasteiger partial charge in [-0.05, 0) is 50.6 Å². The molecular weight excluding hydrogens is 253 g/mol. The van der Waals surface area contributed by atoms with E-state index in [0.717, 1.165) is 25.6 Å². The van der Waals surface area contributed by atoms with Crippen LogP contribution in [-0.4, -0.2) is 43.3 Å². The first-order valence-electron chi connectivity index (χ1n) is 7.56. The van der Waals surface area contributed by atoms with E-state index in [1.54, 1.807) is 0 Å². The lowest BCUT2D eigenvalue weighted by atomic mass is 9.92. The second-order valence-corrected chi connectivity index (χ2v) is 6.51. The van der Waals surface area contributed by atoms with Crippen LogP contribution in [0.3, 0.4) is 0 Å². The molecule has 0 amide bonds. The number of likely N-dealkylation sites (tertiary alicyclic amines) is 1. The van der Waals surface area contributed by atoms with Crippen LogP contribution < -0.4 is 5.32 Å². The van der Waals surface area contributed by atoms with Crippen molar-refractivity contribution < 1.29 is 13.2 Å². The summed E-state index contributed by atoms with van der Waals surface area (Å²) in [6.07, 6.45) is 0.851. The zero-order valence-electron chi connectivity index (χ0n) is 11.3. The van der Waals surface area contributed by atoms with Crippen molar-refractivity contribution in [2.45, 2.75) is 44.3 Å². The van der Waals surface area contributed by atoms with Crippen molar-refractivity contribution in [3.8, 4) is 0 Å². The van der Waals surface area contributed by atoms with Gasteiger partial charge in [0.15, 0.2) is 0 Å². The molecule has 2 aliphatic heterocycles. The maximum Gasteiger partial charge on any atom is 0.393 e. The van der Waals surface area contributed by atoms with Gasteiger partial charge in [0.05, 0.1) is 5.92 Å². The highest BCUT2D eigenvalue weighted by atomic mass is 19.4. The number of nitrogens with one attached hydrogen (secondary N) is 1. The zero-order valence-corrected chi connectivity index (χ0v) is 11.3. The fraction of sp³-hybridized carbons (Fsp3) is 1.00. The predicted molar refractivity (Wildman–Crippen MR) is 67.8 cm³/mol. The third-order valence-corrected chi connectivity index (χ3v) is 5.30. The van der Waals surface area contributed by atoms with E-state index >= 15 is 0 Å². The first-order valence-corrected chi connectivity index (χ1v) is 7.56. The van der Waals surface area contributed by atoms with Crippen LogP contribution in [0.4, 0.5) is 13.2 Å². The summed E-state index contributed by atoms with van der Waals surface area (Å²) >= 11 is 0. The highest BCUT2D eigenvalue weighted by molar-refractivity contribution is 4.96. The van der Waals surface area contributed by atoms with Gasteiger partial charge in [-0.1, -0.05) is 6.42 Å². The number of hydrogen-bond donors (Lipinski definition) is 1. The highest BCUT2D eigenvalue weighted by Crippen LogP contribution is 2.39. The Hall–Kier alpha value is -0.290. The minimum atomic E-state index is -4.02. The van der Waals surface area contributed by atoms with Gasteiger partial charge in [-0.25, -0.2) is 0 Å². The summed E-state index contributed by atoms with van der Waals surface area (Å²) in [5, 5.41) is 3.54. The van der Waals surface area contributed by atoms with Crippen LogP contribution in [0.5, 0.6) is 0 Å². The molecular formula is C14H23F3N2. The molecule has 5 heteroatoms. The van der Waals surface area contributed by atoms with Crippen molar-refractivity contribution in [1.29, 1.82) is 0 Å². The quantitative estimate of drug-likeness (QED) is 0.834. The van der Waals surface area contributed by atoms with Crippen LogP contribution in [0.25, 0.3) is 0 Å². The average Bonchev–Trinajstić information content (AvgIpc) is 2.93. The van der Waals surface area contributed by atoms with Crippen molar-refractivity contribution in [3.05, 3.63) is 0 Å². The molecule has 19 heavy (non-hydrogen) atoms. The Morgan fingerprint density at radius 3 is 2.74 bits per heavy atom. The largest absolute Gasteiger partial charge is 0.393 e. The van der Waals surface area contributed by atoms with E-state index in [4.69, 9.17) is 0 Å². The Morgan fingerprint density at radius 1 is 1.11 bits per heavy atom. The second-order valence-electron chi connectivity index (χ2n) is 6.51. The number of fused-ring (bicyclic) bond motifs is 1. The Bertz CT molecular complexity index is 318. The predicted octanol–water partition coefficient (Wildman–Crippen LogP) is 2.65. The van der Waals surface area contributed by atoms with Crippen molar-refractivity contribution in [3.63, 3.8) is 0 Å². The standard InChI is InChI=1S/C14H23F3N2/c15-14(16,17)11-4-2-6-19(8-11)9-13-12-5-1-3-10(12)7-18-13/h10-13,18H,1-9H2. The van der Waals surface area contributed by atoms with Gasteiger partial charge in [-0.15, -0.1) is 0 Å². The summed E-state index contributed by atoms with van der Waals surface area (Å²) in [6, 6.07) is 0.430. The smallest absolute Gasteiger partial charge is 0.312 e. The van der Waals surface area contributed by atoms with E-state index in [1.807, 2.05) is 4.90 Å². The molecule has 0 bridgehead atoms. The first kappa shape index (κ1) is 13.7. The Morgan fingerprint density at radius 2 is 1.95 bits per heavy atom. The molecule has 0 radical (unpaired) electrons. The molecule has 0 aromatic rings. The van der Waals surface area contributed by atoms with Gasteiger partial charge in [-0.2, -0.15) is 13.2 Å². The molecule has 0 spiro atoms. The van der Waals surface area contributed by atoms with Crippen molar-refractivity contribution in [2.24, 2.45) is 17.8 Å². The Labute approximate surface area is 112 Å². The molecule has 2 saturated heterocycles. The third-order valence-electron chi connectivity index (χ3n) is 5.30. The zero-order chi connectivity index (χ0) is 13.5. The van der Waals surface area contributed by atoms with Crippen LogP contribution in [0.1, 0.15) is 32.1 Å². The summed E-state index contributed by atoms with van der Waals surface area (Å²) in [4.78, 5) is 2.04. The number of rotatable bonds is 2. The average molecular weight is 276 g/mol. The molecule has 2 heterocycles. The molecule has 0 aromatic carbocycles. The van der Waals surface area contributed by atoms with Crippen LogP contribution in [-0.2, 0) is 0 Å². The van der Waals surface area contributed by atoms with E-state index in [1.165, 1.54) is 19.3 Å². The molecule has 0 aromatic heterocycles. The van der Waals surface area contributed by atoms with E-state index in [-0.39, 0.29) is 6.54 Å². The topological polar surface area (TPSA) is 15.3 Å². The molecule has 1 N–H and O–H groups in total. The van der Waals surface area contributed by atoms with Crippen molar-refractivity contribution >= 4 is 0 Å². The second kappa shape index (κ2) is 5.24. The van der Waals surface area contributed by atoms with E-state index in [9.17, 15) is 13.2 Å². The molecule has 4 unspecified atom stereocenters. The van der Waals surface area contributed by atoms with Gasteiger partial charge in [0, 0.05) is 19.1 Å². The van der Waals surface area contributed by atoms with Crippen LogP contribution in [0, 0.1) is 17.8 Å². The molecule has 3 fully saturated rings. The maximum atomic E-state index is 12.8. The normalized spacial score (nSPS) is 40.6. The summed E-state index contributed by atoms with van der Waals surface area (Å²) in [5.41, 5.74) is 0. The van der Waals surface area contributed by atoms with Crippen molar-refractivity contribution in [2.75, 3.05) is 26.2 Å². The lowest BCUT2D eigenvalue weighted by Gasteiger charge is -2.36. The lowest BCUT2D eigenvalue weighted by Crippen LogP contribution is -2.47. The summed E-state index contributed by atoms with van der Waals surface area (Å²) in [6.45, 7) is 2.93. The minimum Gasteiger partial charge on any atom is -0.312 e. The molecule has 3 rings (SSSR count). The van der Waals surface area contributed by atoms with Gasteiger partial charge >= 0.3 is 6.18 Å². The number of nitrogens with zero attached hydrogens (tertiary/aromatic N) is 1. The van der Waals surface area contributed by atoms with E-state index in [0.29, 0.717) is 24.8 Å². The highest BCUT2D eigenvalue weighted by Gasteiger charge is 2.44. The lowest BCUT2D eigenvalue weighted by molar-refractivity contribution is -0.186. The van der Waals surface area contributed by atoms with Crippen LogP contribution >= 0.6 is 0 Å². The SMILES string of the molecule is FC(F)(F)C1CCCN(CC2NCC3CCCC32)C1. The Balaban J connectivity index is 1.55. The fourth-order valence-corrected chi connectivity index (χ4v) is 4.27. The van der Waals surface area contributed by atoms with Gasteiger partial charge in [-0.3, -0.25) is 0 Å². The van der Waals surface area contributed by atoms with Gasteiger partial charge < -0.3 is 10.2 Å². The van der Waals surface area contributed by atoms with Crippen LogP contribution in [0.15, 0.2) is 0 Å². The third kappa shape index (κ3) is 2.92. The summed E-state index contributed by atoms with van der Waals surface area (Å²) < 4.78 is 38.4. The molecule has 2 nitrogen and oxygen atoms in total. The van der Waals surface area contributed by atoms with E-state index < -0.39 is 12.1 Å². The molecule has 1 saturated carbocycles. The van der Waals surface area contributed by atoms with Gasteiger partial charge in [0.1, 0.15) is 0 Å². The number of piperidine rings is 1. The first-order chi connectivity index (χ1) is 9.04. The Kier molecular flexibility index (Phi) is 3.78. The monoisotopic (exact) mass is 276 g/mol.